The van der Waals surface area contributed by atoms with Crippen LogP contribution in [0.15, 0.2) is 66.1 Å². The molecule has 4 rings (SSSR count). The first-order chi connectivity index (χ1) is 12.7. The number of pyridine rings is 1. The van der Waals surface area contributed by atoms with E-state index in [0.29, 0.717) is 23.8 Å². The number of aromatic nitrogens is 5. The van der Waals surface area contributed by atoms with Crippen molar-refractivity contribution in [1.29, 1.82) is 0 Å². The quantitative estimate of drug-likeness (QED) is 0.745. The van der Waals surface area contributed by atoms with Crippen molar-refractivity contribution in [2.75, 3.05) is 5.32 Å². The lowest BCUT2D eigenvalue weighted by atomic mass is 9.96. The van der Waals surface area contributed by atoms with E-state index < -0.39 is 6.04 Å². The van der Waals surface area contributed by atoms with Crippen LogP contribution < -0.4 is 10.6 Å². The van der Waals surface area contributed by atoms with Gasteiger partial charge in [0.05, 0.1) is 5.57 Å². The smallest absolute Gasteiger partial charge is 0.251 e. The van der Waals surface area contributed by atoms with E-state index in [1.165, 1.54) is 0 Å². The summed E-state index contributed by atoms with van der Waals surface area (Å²) in [6.07, 6.45) is 3.41. The summed E-state index contributed by atoms with van der Waals surface area (Å²) in [5.74, 6) is 0.324. The number of nitrogens with one attached hydrogen (secondary N) is 2. The number of hydrogen-bond donors (Lipinski definition) is 2. The van der Waals surface area contributed by atoms with Crippen molar-refractivity contribution in [1.82, 2.24) is 30.5 Å². The summed E-state index contributed by atoms with van der Waals surface area (Å²) in [6.45, 7) is 2.29. The Morgan fingerprint density at radius 3 is 2.85 bits per heavy atom. The number of fused-ring (bicyclic) bond motifs is 1. The summed E-state index contributed by atoms with van der Waals surface area (Å²) in [6, 6.07) is 13.1. The van der Waals surface area contributed by atoms with Gasteiger partial charge in [-0.25, -0.2) is 0 Å². The summed E-state index contributed by atoms with van der Waals surface area (Å²) in [7, 11) is 0. The number of nitrogens with zero attached hydrogens (tertiary/aromatic N) is 5. The molecule has 3 heterocycles. The standard InChI is InChI=1S/C18H17N7O/c1-12-15(17(26)20-10-13-6-3-2-4-7-13)16(14-8-5-9-19-11-14)25-18(21-12)22-23-24-25/h2-9,11,16H,10H2,1H3,(H,20,26)(H,21,22,24)/t16-/m1/s1. The number of anilines is 1. The molecule has 0 unspecified atom stereocenters. The molecule has 0 spiro atoms. The van der Waals surface area contributed by atoms with Gasteiger partial charge in [0.25, 0.3) is 5.91 Å². The maximum atomic E-state index is 13.0. The summed E-state index contributed by atoms with van der Waals surface area (Å²) < 4.78 is 1.60. The minimum absolute atomic E-state index is 0.172. The maximum Gasteiger partial charge on any atom is 0.251 e. The fourth-order valence-electron chi connectivity index (χ4n) is 3.03. The number of tetrazole rings is 1. The number of carbonyl (C=O) groups excluding carboxylic acids is 1. The van der Waals surface area contributed by atoms with Gasteiger partial charge in [0.1, 0.15) is 6.04 Å². The molecule has 26 heavy (non-hydrogen) atoms. The molecule has 0 saturated carbocycles. The van der Waals surface area contributed by atoms with Crippen molar-refractivity contribution in [3.05, 3.63) is 77.3 Å². The monoisotopic (exact) mass is 347 g/mol. The first kappa shape index (κ1) is 15.9. The number of carbonyl (C=O) groups is 1. The van der Waals surface area contributed by atoms with Gasteiger partial charge in [0.2, 0.25) is 5.95 Å². The lowest BCUT2D eigenvalue weighted by Crippen LogP contribution is -2.35. The second-order valence-corrected chi connectivity index (χ2v) is 5.97. The zero-order valence-electron chi connectivity index (χ0n) is 14.1. The van der Waals surface area contributed by atoms with Crippen LogP contribution in [0.1, 0.15) is 24.1 Å². The molecule has 0 radical (unpaired) electrons. The first-order valence-corrected chi connectivity index (χ1v) is 8.22. The molecule has 1 amide bonds. The minimum Gasteiger partial charge on any atom is -0.348 e. The third-order valence-electron chi connectivity index (χ3n) is 4.25. The number of hydrogen-bond acceptors (Lipinski definition) is 6. The molecular weight excluding hydrogens is 330 g/mol. The van der Waals surface area contributed by atoms with Crippen LogP contribution in [0.4, 0.5) is 5.95 Å². The molecule has 2 aromatic heterocycles. The number of benzene rings is 1. The molecule has 0 bridgehead atoms. The zero-order chi connectivity index (χ0) is 17.9. The van der Waals surface area contributed by atoms with E-state index in [1.807, 2.05) is 49.4 Å². The molecule has 3 aromatic rings. The Bertz CT molecular complexity index is 950. The molecule has 1 atom stereocenters. The van der Waals surface area contributed by atoms with Crippen molar-refractivity contribution in [2.24, 2.45) is 0 Å². The number of rotatable bonds is 4. The first-order valence-electron chi connectivity index (χ1n) is 8.22. The lowest BCUT2D eigenvalue weighted by molar-refractivity contribution is -0.118. The fraction of sp³-hybridized carbons (Fsp3) is 0.167. The Balaban J connectivity index is 1.67. The van der Waals surface area contributed by atoms with E-state index >= 15 is 0 Å². The van der Waals surface area contributed by atoms with Crippen LogP contribution in [-0.2, 0) is 11.3 Å². The van der Waals surface area contributed by atoms with Gasteiger partial charge in [0, 0.05) is 24.6 Å². The molecule has 1 aromatic carbocycles. The Morgan fingerprint density at radius 1 is 1.23 bits per heavy atom. The van der Waals surface area contributed by atoms with Crippen LogP contribution in [0, 0.1) is 0 Å². The van der Waals surface area contributed by atoms with Crippen LogP contribution in [0.25, 0.3) is 0 Å². The normalized spacial score (nSPS) is 16.0. The molecule has 0 aliphatic carbocycles. The van der Waals surface area contributed by atoms with E-state index in [0.717, 1.165) is 11.1 Å². The predicted molar refractivity (Wildman–Crippen MR) is 94.8 cm³/mol. The van der Waals surface area contributed by atoms with Gasteiger partial charge in [-0.15, -0.1) is 0 Å². The van der Waals surface area contributed by atoms with Crippen LogP contribution in [0.3, 0.4) is 0 Å². The van der Waals surface area contributed by atoms with Gasteiger partial charge in [-0.2, -0.15) is 4.68 Å². The molecule has 1 aliphatic rings. The Morgan fingerprint density at radius 2 is 2.08 bits per heavy atom. The van der Waals surface area contributed by atoms with Crippen LogP contribution in [0.2, 0.25) is 0 Å². The molecule has 0 saturated heterocycles. The number of allylic oxidation sites excluding steroid dienone is 1. The van der Waals surface area contributed by atoms with E-state index in [-0.39, 0.29) is 5.91 Å². The maximum absolute atomic E-state index is 13.0. The van der Waals surface area contributed by atoms with E-state index in [2.05, 4.69) is 31.1 Å². The summed E-state index contributed by atoms with van der Waals surface area (Å²) in [5.41, 5.74) is 3.15. The summed E-state index contributed by atoms with van der Waals surface area (Å²) >= 11 is 0. The molecular formula is C18H17N7O. The second-order valence-electron chi connectivity index (χ2n) is 5.97. The summed E-state index contributed by atoms with van der Waals surface area (Å²) in [4.78, 5) is 17.2. The molecule has 8 heteroatoms. The molecule has 0 fully saturated rings. The van der Waals surface area contributed by atoms with E-state index in [9.17, 15) is 4.79 Å². The van der Waals surface area contributed by atoms with Crippen LogP contribution in [0.5, 0.6) is 0 Å². The highest BCUT2D eigenvalue weighted by Crippen LogP contribution is 2.33. The summed E-state index contributed by atoms with van der Waals surface area (Å²) in [5, 5.41) is 17.8. The lowest BCUT2D eigenvalue weighted by Gasteiger charge is -2.27. The van der Waals surface area contributed by atoms with Gasteiger partial charge in [-0.1, -0.05) is 41.5 Å². The van der Waals surface area contributed by atoms with Crippen molar-refractivity contribution in [2.45, 2.75) is 19.5 Å². The molecule has 8 nitrogen and oxygen atoms in total. The largest absolute Gasteiger partial charge is 0.348 e. The molecule has 2 N–H and O–H groups in total. The fourth-order valence-corrected chi connectivity index (χ4v) is 3.03. The van der Waals surface area contributed by atoms with Crippen molar-refractivity contribution < 1.29 is 4.79 Å². The average Bonchev–Trinajstić information content (AvgIpc) is 3.14. The SMILES string of the molecule is CC1=C(C(=O)NCc2ccccc2)[C@@H](c2cccnc2)n2nnnc2N1. The van der Waals surface area contributed by atoms with Crippen molar-refractivity contribution in [3.63, 3.8) is 0 Å². The van der Waals surface area contributed by atoms with Crippen LogP contribution >= 0.6 is 0 Å². The van der Waals surface area contributed by atoms with Gasteiger partial charge in [-0.05, 0) is 34.5 Å². The Hall–Kier alpha value is -3.55. The van der Waals surface area contributed by atoms with Crippen molar-refractivity contribution >= 4 is 11.9 Å². The molecule has 130 valence electrons. The highest BCUT2D eigenvalue weighted by Gasteiger charge is 2.33. The second kappa shape index (κ2) is 6.75. The van der Waals surface area contributed by atoms with E-state index in [1.54, 1.807) is 17.1 Å². The Kier molecular flexibility index (Phi) is 4.14. The van der Waals surface area contributed by atoms with E-state index in [4.69, 9.17) is 0 Å². The Labute approximate surface area is 150 Å². The molecule has 1 aliphatic heterocycles. The number of amides is 1. The predicted octanol–water partition coefficient (Wildman–Crippen LogP) is 1.67. The third-order valence-corrected chi connectivity index (χ3v) is 4.25. The van der Waals surface area contributed by atoms with Gasteiger partial charge in [0.15, 0.2) is 0 Å². The van der Waals surface area contributed by atoms with Gasteiger partial charge in [-0.3, -0.25) is 9.78 Å². The van der Waals surface area contributed by atoms with Gasteiger partial charge >= 0.3 is 0 Å². The van der Waals surface area contributed by atoms with Crippen LogP contribution in [-0.4, -0.2) is 31.1 Å². The average molecular weight is 347 g/mol. The topological polar surface area (TPSA) is 97.6 Å². The van der Waals surface area contributed by atoms with Gasteiger partial charge < -0.3 is 10.6 Å². The highest BCUT2D eigenvalue weighted by molar-refractivity contribution is 5.96. The third kappa shape index (κ3) is 2.92. The highest BCUT2D eigenvalue weighted by atomic mass is 16.1. The minimum atomic E-state index is -0.439. The van der Waals surface area contributed by atoms with Crippen molar-refractivity contribution in [3.8, 4) is 0 Å². The zero-order valence-corrected chi connectivity index (χ0v) is 14.1.